The molecule has 176 valence electrons. The number of hydrogen-bond donors (Lipinski definition) is 2. The average Bonchev–Trinajstić information content (AvgIpc) is 3.23. The predicted octanol–water partition coefficient (Wildman–Crippen LogP) is 4.81. The maximum Gasteiger partial charge on any atom is 0.450 e. The Hall–Kier alpha value is -4.05. The molecule has 0 saturated heterocycles. The number of hydrogen-bond acceptors (Lipinski definition) is 5. The Balaban J connectivity index is 1.68. The summed E-state index contributed by atoms with van der Waals surface area (Å²) < 4.78 is 52.5. The van der Waals surface area contributed by atoms with Crippen LogP contribution in [0.1, 0.15) is 21.7 Å². The Morgan fingerprint density at radius 1 is 1.03 bits per heavy atom. The zero-order chi connectivity index (χ0) is 24.5. The van der Waals surface area contributed by atoms with Crippen molar-refractivity contribution in [2.24, 2.45) is 0 Å². The van der Waals surface area contributed by atoms with Gasteiger partial charge in [0.25, 0.3) is 5.91 Å². The highest BCUT2D eigenvalue weighted by atomic mass is 19.4. The fourth-order valence-corrected chi connectivity index (χ4v) is 3.56. The number of ether oxygens (including phenoxy) is 2. The number of aromatic nitrogens is 2. The van der Waals surface area contributed by atoms with E-state index in [1.54, 1.807) is 12.1 Å². The van der Waals surface area contributed by atoms with E-state index in [0.717, 1.165) is 4.57 Å². The number of halogens is 3. The van der Waals surface area contributed by atoms with Crippen molar-refractivity contribution in [2.75, 3.05) is 19.5 Å². The van der Waals surface area contributed by atoms with Gasteiger partial charge in [0.15, 0.2) is 0 Å². The Morgan fingerprint density at radius 2 is 1.76 bits per heavy atom. The molecule has 0 radical (unpaired) electrons. The second-order valence-electron chi connectivity index (χ2n) is 7.32. The van der Waals surface area contributed by atoms with Gasteiger partial charge in [0, 0.05) is 11.4 Å². The quantitative estimate of drug-likeness (QED) is 0.422. The lowest BCUT2D eigenvalue weighted by molar-refractivity contribution is -0.145. The Bertz CT molecular complexity index is 1350. The summed E-state index contributed by atoms with van der Waals surface area (Å²) in [6.45, 7) is -0.309. The number of carbonyl (C=O) groups excluding carboxylic acids is 1. The molecule has 1 heterocycles. The van der Waals surface area contributed by atoms with Crippen LogP contribution in [-0.2, 0) is 12.8 Å². The molecular formula is C24H20F3N3O4. The van der Waals surface area contributed by atoms with Crippen LogP contribution in [0.5, 0.6) is 11.5 Å². The lowest BCUT2D eigenvalue weighted by Gasteiger charge is -2.13. The minimum Gasteiger partial charge on any atom is -0.497 e. The summed E-state index contributed by atoms with van der Waals surface area (Å²) in [4.78, 5) is 16.5. The highest BCUT2D eigenvalue weighted by molar-refractivity contribution is 6.06. The number of rotatable bonds is 6. The van der Waals surface area contributed by atoms with Gasteiger partial charge in [-0.25, -0.2) is 4.98 Å². The van der Waals surface area contributed by atoms with Crippen molar-refractivity contribution in [1.29, 1.82) is 0 Å². The number of aliphatic hydroxyl groups is 1. The minimum atomic E-state index is -4.70. The summed E-state index contributed by atoms with van der Waals surface area (Å²) in [5, 5.41) is 12.0. The van der Waals surface area contributed by atoms with Crippen LogP contribution >= 0.6 is 0 Å². The largest absolute Gasteiger partial charge is 0.497 e. The number of amides is 1. The number of carbonyl (C=O) groups is 1. The molecule has 0 saturated carbocycles. The smallest absolute Gasteiger partial charge is 0.450 e. The molecule has 0 aliphatic carbocycles. The summed E-state index contributed by atoms with van der Waals surface area (Å²) in [6.07, 6.45) is -4.70. The van der Waals surface area contributed by atoms with E-state index < -0.39 is 17.9 Å². The van der Waals surface area contributed by atoms with Crippen molar-refractivity contribution in [3.63, 3.8) is 0 Å². The number of aliphatic hydroxyl groups excluding tert-OH is 1. The van der Waals surface area contributed by atoms with Crippen molar-refractivity contribution in [2.45, 2.75) is 12.8 Å². The number of alkyl halides is 3. The molecule has 4 aromatic rings. The zero-order valence-electron chi connectivity index (χ0n) is 18.2. The molecule has 4 rings (SSSR count). The highest BCUT2D eigenvalue weighted by Crippen LogP contribution is 2.34. The van der Waals surface area contributed by atoms with E-state index in [0.29, 0.717) is 22.7 Å². The summed E-state index contributed by atoms with van der Waals surface area (Å²) in [6, 6.07) is 15.1. The number of fused-ring (bicyclic) bond motifs is 1. The van der Waals surface area contributed by atoms with E-state index in [1.165, 1.54) is 62.8 Å². The third-order valence-corrected chi connectivity index (χ3v) is 5.19. The van der Waals surface area contributed by atoms with Crippen LogP contribution in [0.2, 0.25) is 0 Å². The number of imidazole rings is 1. The van der Waals surface area contributed by atoms with Gasteiger partial charge in [-0.2, -0.15) is 13.2 Å². The first-order valence-corrected chi connectivity index (χ1v) is 10.1. The normalized spacial score (nSPS) is 11.5. The predicted molar refractivity (Wildman–Crippen MR) is 119 cm³/mol. The van der Waals surface area contributed by atoms with Gasteiger partial charge in [0.1, 0.15) is 11.5 Å². The molecule has 0 aliphatic rings. The first-order valence-electron chi connectivity index (χ1n) is 10.1. The molecule has 0 aliphatic heterocycles. The average molecular weight is 471 g/mol. The van der Waals surface area contributed by atoms with E-state index in [9.17, 15) is 23.1 Å². The SMILES string of the molecule is COc1ccc(OC)c(C(=O)Nc2ccc(-n3c(C(F)(F)F)nc4cc(CO)ccc43)cc2)c1. The first-order chi connectivity index (χ1) is 16.2. The van der Waals surface area contributed by atoms with Gasteiger partial charge in [-0.3, -0.25) is 9.36 Å². The van der Waals surface area contributed by atoms with Crippen LogP contribution in [0.15, 0.2) is 60.7 Å². The van der Waals surface area contributed by atoms with Gasteiger partial charge in [-0.15, -0.1) is 0 Å². The molecular weight excluding hydrogens is 451 g/mol. The fourth-order valence-electron chi connectivity index (χ4n) is 3.56. The third-order valence-electron chi connectivity index (χ3n) is 5.19. The molecule has 1 amide bonds. The number of anilines is 1. The number of benzene rings is 3. The van der Waals surface area contributed by atoms with Crippen molar-refractivity contribution in [1.82, 2.24) is 9.55 Å². The number of methoxy groups -OCH3 is 2. The molecule has 3 aromatic carbocycles. The molecule has 0 spiro atoms. The number of nitrogens with zero attached hydrogens (tertiary/aromatic N) is 2. The standard InChI is InChI=1S/C24H20F3N3O4/c1-33-17-8-10-21(34-2)18(12-17)22(32)28-15-4-6-16(7-5-15)30-20-9-3-14(13-31)11-19(20)29-23(30)24(25,26)27/h3-12,31H,13H2,1-2H3,(H,28,32). The third kappa shape index (κ3) is 4.40. The van der Waals surface area contributed by atoms with Crippen molar-refractivity contribution in [3.8, 4) is 17.2 Å². The summed E-state index contributed by atoms with van der Waals surface area (Å²) >= 11 is 0. The summed E-state index contributed by atoms with van der Waals surface area (Å²) in [7, 11) is 2.91. The molecule has 34 heavy (non-hydrogen) atoms. The topological polar surface area (TPSA) is 85.6 Å². The van der Waals surface area contributed by atoms with Crippen molar-refractivity contribution in [3.05, 3.63) is 77.6 Å². The Morgan fingerprint density at radius 3 is 2.38 bits per heavy atom. The van der Waals surface area contributed by atoms with Gasteiger partial charge in [0.05, 0.1) is 37.4 Å². The summed E-state index contributed by atoms with van der Waals surface area (Å²) in [5.74, 6) is -0.742. The molecule has 1 aromatic heterocycles. The van der Waals surface area contributed by atoms with Crippen LogP contribution in [0.3, 0.4) is 0 Å². The van der Waals surface area contributed by atoms with E-state index in [-0.39, 0.29) is 28.9 Å². The van der Waals surface area contributed by atoms with E-state index in [2.05, 4.69) is 10.3 Å². The van der Waals surface area contributed by atoms with Gasteiger partial charge in [0.2, 0.25) is 5.82 Å². The van der Waals surface area contributed by atoms with E-state index in [4.69, 9.17) is 9.47 Å². The van der Waals surface area contributed by atoms with Gasteiger partial charge >= 0.3 is 6.18 Å². The maximum absolute atomic E-state index is 13.7. The highest BCUT2D eigenvalue weighted by Gasteiger charge is 2.38. The first kappa shape index (κ1) is 23.1. The molecule has 2 N–H and O–H groups in total. The molecule has 7 nitrogen and oxygen atoms in total. The van der Waals surface area contributed by atoms with Crippen LogP contribution in [0.4, 0.5) is 18.9 Å². The monoisotopic (exact) mass is 471 g/mol. The van der Waals surface area contributed by atoms with Crippen molar-refractivity contribution < 1.29 is 32.5 Å². The Kier molecular flexibility index (Phi) is 6.16. The van der Waals surface area contributed by atoms with E-state index in [1.807, 2.05) is 0 Å². The minimum absolute atomic E-state index is 0.112. The number of nitrogens with one attached hydrogen (secondary N) is 1. The van der Waals surface area contributed by atoms with Crippen LogP contribution in [0.25, 0.3) is 16.7 Å². The second-order valence-corrected chi connectivity index (χ2v) is 7.32. The zero-order valence-corrected chi connectivity index (χ0v) is 18.2. The molecule has 0 unspecified atom stereocenters. The second kappa shape index (κ2) is 9.06. The van der Waals surface area contributed by atoms with Crippen LogP contribution < -0.4 is 14.8 Å². The fraction of sp³-hybridized carbons (Fsp3) is 0.167. The summed E-state index contributed by atoms with van der Waals surface area (Å²) in [5.41, 5.74) is 1.63. The molecule has 0 fully saturated rings. The molecule has 0 bridgehead atoms. The Labute approximate surface area is 192 Å². The van der Waals surface area contributed by atoms with Gasteiger partial charge in [-0.1, -0.05) is 6.07 Å². The van der Waals surface area contributed by atoms with Crippen LogP contribution in [0, 0.1) is 0 Å². The van der Waals surface area contributed by atoms with Crippen molar-refractivity contribution >= 4 is 22.6 Å². The van der Waals surface area contributed by atoms with Gasteiger partial charge in [-0.05, 0) is 60.2 Å². The maximum atomic E-state index is 13.7. The van der Waals surface area contributed by atoms with Crippen LogP contribution in [-0.4, -0.2) is 34.8 Å². The molecule has 10 heteroatoms. The lowest BCUT2D eigenvalue weighted by Crippen LogP contribution is -2.15. The van der Waals surface area contributed by atoms with Gasteiger partial charge < -0.3 is 19.9 Å². The van der Waals surface area contributed by atoms with E-state index >= 15 is 0 Å². The lowest BCUT2D eigenvalue weighted by atomic mass is 10.1. The molecule has 0 atom stereocenters.